The normalized spacial score (nSPS) is 26.8. The Morgan fingerprint density at radius 3 is 2.79 bits per heavy atom. The Morgan fingerprint density at radius 2 is 2.21 bits per heavy atom. The summed E-state index contributed by atoms with van der Waals surface area (Å²) >= 11 is 7.98. The molecule has 0 spiro atoms. The van der Waals surface area contributed by atoms with Crippen LogP contribution < -0.4 is 5.32 Å². The van der Waals surface area contributed by atoms with Gasteiger partial charge >= 0.3 is 0 Å². The van der Waals surface area contributed by atoms with E-state index >= 15 is 0 Å². The molecule has 1 aliphatic heterocycles. The molecular formula is C11H14ClNS. The van der Waals surface area contributed by atoms with Crippen LogP contribution in [0.2, 0.25) is 5.02 Å². The van der Waals surface area contributed by atoms with Gasteiger partial charge in [0, 0.05) is 16.8 Å². The van der Waals surface area contributed by atoms with Crippen molar-refractivity contribution in [2.75, 3.05) is 5.75 Å². The highest BCUT2D eigenvalue weighted by atomic mass is 35.5. The molecule has 2 atom stereocenters. The Balaban J connectivity index is 2.23. The molecule has 2 unspecified atom stereocenters. The maximum absolute atomic E-state index is 6.03. The Labute approximate surface area is 94.2 Å². The molecule has 0 saturated carbocycles. The molecular weight excluding hydrogens is 214 g/mol. The summed E-state index contributed by atoms with van der Waals surface area (Å²) in [5, 5.41) is 4.78. The fourth-order valence-electron chi connectivity index (χ4n) is 1.70. The topological polar surface area (TPSA) is 12.0 Å². The molecule has 1 aliphatic rings. The number of hydrogen-bond acceptors (Lipinski definition) is 2. The zero-order valence-corrected chi connectivity index (χ0v) is 9.95. The standard InChI is InChI=1S/C11H14ClNS/c1-7-3-9(5-10(12)4-7)11-13-8(2)6-14-11/h3-5,8,11,13H,6H2,1-2H3. The van der Waals surface area contributed by atoms with Gasteiger partial charge in [0.25, 0.3) is 0 Å². The summed E-state index contributed by atoms with van der Waals surface area (Å²) in [6.07, 6.45) is 0. The maximum Gasteiger partial charge on any atom is 0.0792 e. The third-order valence-corrected chi connectivity index (χ3v) is 3.97. The maximum atomic E-state index is 6.03. The van der Waals surface area contributed by atoms with Crippen molar-refractivity contribution in [3.63, 3.8) is 0 Å². The Bertz CT molecular complexity index is 320. The average Bonchev–Trinajstić information content (AvgIpc) is 2.50. The van der Waals surface area contributed by atoms with Gasteiger partial charge in [-0.2, -0.15) is 0 Å². The van der Waals surface area contributed by atoms with Crippen LogP contribution in [0.25, 0.3) is 0 Å². The number of aryl methyl sites for hydroxylation is 1. The molecule has 1 N–H and O–H groups in total. The van der Waals surface area contributed by atoms with Crippen LogP contribution in [0.1, 0.15) is 23.4 Å². The van der Waals surface area contributed by atoms with Crippen molar-refractivity contribution < 1.29 is 0 Å². The van der Waals surface area contributed by atoms with Gasteiger partial charge in [-0.15, -0.1) is 11.8 Å². The molecule has 1 nitrogen and oxygen atoms in total. The smallest absolute Gasteiger partial charge is 0.0792 e. The van der Waals surface area contributed by atoms with Crippen LogP contribution in [0.3, 0.4) is 0 Å². The van der Waals surface area contributed by atoms with Crippen LogP contribution in [0, 0.1) is 6.92 Å². The highest BCUT2D eigenvalue weighted by molar-refractivity contribution is 7.99. The van der Waals surface area contributed by atoms with Crippen LogP contribution in [0.5, 0.6) is 0 Å². The van der Waals surface area contributed by atoms with Gasteiger partial charge in [0.05, 0.1) is 5.37 Å². The zero-order chi connectivity index (χ0) is 10.1. The fourth-order valence-corrected chi connectivity index (χ4v) is 3.24. The monoisotopic (exact) mass is 227 g/mol. The van der Waals surface area contributed by atoms with E-state index in [0.717, 1.165) is 5.02 Å². The molecule has 1 aromatic carbocycles. The summed E-state index contributed by atoms with van der Waals surface area (Å²) in [6.45, 7) is 4.29. The minimum atomic E-state index is 0.419. The van der Waals surface area contributed by atoms with Gasteiger partial charge in [0.1, 0.15) is 0 Å². The molecule has 0 bridgehead atoms. The second-order valence-corrected chi connectivity index (χ2v) is 5.42. The Hall–Kier alpha value is -0.180. The minimum Gasteiger partial charge on any atom is -0.298 e. The first-order valence-electron chi connectivity index (χ1n) is 4.80. The van der Waals surface area contributed by atoms with Gasteiger partial charge in [0.15, 0.2) is 0 Å². The molecule has 0 aliphatic carbocycles. The molecule has 76 valence electrons. The number of halogens is 1. The lowest BCUT2D eigenvalue weighted by molar-refractivity contribution is 0.618. The lowest BCUT2D eigenvalue weighted by Gasteiger charge is -2.12. The Kier molecular flexibility index (Phi) is 3.05. The third kappa shape index (κ3) is 2.25. The summed E-state index contributed by atoms with van der Waals surface area (Å²) in [5.41, 5.74) is 2.53. The van der Waals surface area contributed by atoms with Crippen molar-refractivity contribution in [2.24, 2.45) is 0 Å². The molecule has 1 saturated heterocycles. The molecule has 0 amide bonds. The van der Waals surface area contributed by atoms with E-state index in [1.54, 1.807) is 0 Å². The van der Waals surface area contributed by atoms with Gasteiger partial charge in [-0.3, -0.25) is 5.32 Å². The van der Waals surface area contributed by atoms with Crippen molar-refractivity contribution in [3.8, 4) is 0 Å². The molecule has 0 aromatic heterocycles. The third-order valence-electron chi connectivity index (χ3n) is 2.32. The molecule has 1 aromatic rings. The summed E-state index contributed by atoms with van der Waals surface area (Å²) in [7, 11) is 0. The predicted molar refractivity (Wildman–Crippen MR) is 64.0 cm³/mol. The second-order valence-electron chi connectivity index (χ2n) is 3.84. The van der Waals surface area contributed by atoms with Gasteiger partial charge < -0.3 is 0 Å². The minimum absolute atomic E-state index is 0.419. The van der Waals surface area contributed by atoms with Crippen molar-refractivity contribution >= 4 is 23.4 Å². The molecule has 3 heteroatoms. The molecule has 14 heavy (non-hydrogen) atoms. The highest BCUT2D eigenvalue weighted by Crippen LogP contribution is 2.34. The van der Waals surface area contributed by atoms with Crippen molar-refractivity contribution in [1.82, 2.24) is 5.32 Å². The van der Waals surface area contributed by atoms with E-state index < -0.39 is 0 Å². The fraction of sp³-hybridized carbons (Fsp3) is 0.455. The average molecular weight is 228 g/mol. The van der Waals surface area contributed by atoms with Crippen LogP contribution >= 0.6 is 23.4 Å². The van der Waals surface area contributed by atoms with E-state index in [0.29, 0.717) is 11.4 Å². The highest BCUT2D eigenvalue weighted by Gasteiger charge is 2.22. The number of thioether (sulfide) groups is 1. The van der Waals surface area contributed by atoms with E-state index in [2.05, 4.69) is 31.3 Å². The van der Waals surface area contributed by atoms with Gasteiger partial charge in [0.2, 0.25) is 0 Å². The number of benzene rings is 1. The summed E-state index contributed by atoms with van der Waals surface area (Å²) in [5.74, 6) is 1.18. The van der Waals surface area contributed by atoms with Crippen molar-refractivity contribution in [3.05, 3.63) is 34.3 Å². The summed E-state index contributed by atoms with van der Waals surface area (Å²) in [4.78, 5) is 0. The first kappa shape index (κ1) is 10.3. The number of nitrogens with one attached hydrogen (secondary N) is 1. The van der Waals surface area contributed by atoms with Crippen LogP contribution in [-0.4, -0.2) is 11.8 Å². The van der Waals surface area contributed by atoms with Crippen LogP contribution in [0.15, 0.2) is 18.2 Å². The summed E-state index contributed by atoms with van der Waals surface area (Å²) in [6, 6.07) is 6.85. The Morgan fingerprint density at radius 1 is 1.43 bits per heavy atom. The lowest BCUT2D eigenvalue weighted by atomic mass is 10.1. The molecule has 0 radical (unpaired) electrons. The van der Waals surface area contributed by atoms with E-state index in [9.17, 15) is 0 Å². The largest absolute Gasteiger partial charge is 0.298 e. The quantitative estimate of drug-likeness (QED) is 0.790. The first-order chi connectivity index (χ1) is 6.65. The number of rotatable bonds is 1. The van der Waals surface area contributed by atoms with E-state index in [4.69, 9.17) is 11.6 Å². The van der Waals surface area contributed by atoms with E-state index in [-0.39, 0.29) is 0 Å². The van der Waals surface area contributed by atoms with Crippen molar-refractivity contribution in [2.45, 2.75) is 25.3 Å². The first-order valence-corrected chi connectivity index (χ1v) is 6.22. The lowest BCUT2D eigenvalue weighted by Crippen LogP contribution is -2.21. The van der Waals surface area contributed by atoms with Gasteiger partial charge in [-0.05, 0) is 37.1 Å². The van der Waals surface area contributed by atoms with Gasteiger partial charge in [-0.25, -0.2) is 0 Å². The van der Waals surface area contributed by atoms with E-state index in [1.165, 1.54) is 16.9 Å². The predicted octanol–water partition coefficient (Wildman–Crippen LogP) is 3.37. The second kappa shape index (κ2) is 4.13. The zero-order valence-electron chi connectivity index (χ0n) is 8.38. The van der Waals surface area contributed by atoms with Crippen LogP contribution in [-0.2, 0) is 0 Å². The SMILES string of the molecule is Cc1cc(Cl)cc(C2NC(C)CS2)c1. The summed E-state index contributed by atoms with van der Waals surface area (Å²) < 4.78 is 0. The van der Waals surface area contributed by atoms with Crippen LogP contribution in [0.4, 0.5) is 0 Å². The van der Waals surface area contributed by atoms with Crippen molar-refractivity contribution in [1.29, 1.82) is 0 Å². The molecule has 1 fully saturated rings. The molecule has 1 heterocycles. The number of hydrogen-bond donors (Lipinski definition) is 1. The van der Waals surface area contributed by atoms with Gasteiger partial charge in [-0.1, -0.05) is 17.7 Å². The molecule has 2 rings (SSSR count). The van der Waals surface area contributed by atoms with E-state index in [1.807, 2.05) is 17.8 Å².